The zero-order valence-corrected chi connectivity index (χ0v) is 29.5. The van der Waals surface area contributed by atoms with Crippen molar-refractivity contribution in [2.24, 2.45) is 0 Å². The van der Waals surface area contributed by atoms with Gasteiger partial charge in [-0.25, -0.2) is 9.97 Å². The van der Waals surface area contributed by atoms with Crippen molar-refractivity contribution in [3.63, 3.8) is 0 Å². The summed E-state index contributed by atoms with van der Waals surface area (Å²) in [6, 6.07) is 73.6. The summed E-state index contributed by atoms with van der Waals surface area (Å²) >= 11 is 0. The Hall–Kier alpha value is -7.16. The Bertz CT molecular complexity index is 2870. The molecule has 0 saturated heterocycles. The minimum absolute atomic E-state index is 0.697. The molecule has 0 atom stereocenters. The van der Waals surface area contributed by atoms with Crippen molar-refractivity contribution < 1.29 is 0 Å². The van der Waals surface area contributed by atoms with Gasteiger partial charge in [-0.05, 0) is 96.0 Å². The maximum absolute atomic E-state index is 5.35. The predicted octanol–water partition coefficient (Wildman–Crippen LogP) is 13.9. The lowest BCUT2D eigenvalue weighted by molar-refractivity contribution is 1.18. The Morgan fingerprint density at radius 3 is 1.35 bits per heavy atom. The van der Waals surface area contributed by atoms with Gasteiger partial charge in [0.2, 0.25) is 0 Å². The van der Waals surface area contributed by atoms with E-state index < -0.39 is 0 Å². The monoisotopic (exact) mass is 686 g/mol. The Morgan fingerprint density at radius 2 is 0.704 bits per heavy atom. The second-order valence-electron chi connectivity index (χ2n) is 13.8. The number of fused-ring (bicyclic) bond motifs is 3. The fraction of sp³-hybridized carbons (Fsp3) is 0. The van der Waals surface area contributed by atoms with Gasteiger partial charge < -0.3 is 0 Å². The van der Waals surface area contributed by atoms with Gasteiger partial charge in [0.05, 0.1) is 11.4 Å². The Kier molecular flexibility index (Phi) is 7.85. The smallest absolute Gasteiger partial charge is 0.160 e. The molecule has 2 nitrogen and oxygen atoms in total. The molecule has 252 valence electrons. The van der Waals surface area contributed by atoms with Crippen LogP contribution in [0.4, 0.5) is 0 Å². The molecular formula is C52H34N2. The third-order valence-corrected chi connectivity index (χ3v) is 10.5. The van der Waals surface area contributed by atoms with Crippen LogP contribution in [-0.2, 0) is 0 Å². The normalized spacial score (nSPS) is 11.3. The first-order valence-corrected chi connectivity index (χ1v) is 18.4. The van der Waals surface area contributed by atoms with Crippen LogP contribution >= 0.6 is 0 Å². The molecule has 0 amide bonds. The van der Waals surface area contributed by atoms with Crippen LogP contribution in [0.2, 0.25) is 0 Å². The van der Waals surface area contributed by atoms with Crippen LogP contribution in [0.1, 0.15) is 0 Å². The summed E-state index contributed by atoms with van der Waals surface area (Å²) in [5, 5.41) is 7.23. The molecule has 0 spiro atoms. The standard InChI is InChI=1S/C52H34N2/c1-2-12-35(13-3-1)37-24-27-40(28-25-37)50-34-51(54-52(53-50)42-29-26-36-14-4-5-17-41(36)30-42)45-32-43(48-22-10-18-38-15-6-8-20-46(38)48)31-44(33-45)49-23-11-19-39-16-7-9-21-47(39)49/h1-34H. The van der Waals surface area contributed by atoms with Crippen molar-refractivity contribution in [3.05, 3.63) is 206 Å². The molecule has 0 saturated carbocycles. The molecular weight excluding hydrogens is 653 g/mol. The molecule has 0 unspecified atom stereocenters. The fourth-order valence-corrected chi connectivity index (χ4v) is 7.71. The summed E-state index contributed by atoms with van der Waals surface area (Å²) in [6.45, 7) is 0. The molecule has 9 aromatic carbocycles. The minimum atomic E-state index is 0.697. The second-order valence-corrected chi connectivity index (χ2v) is 13.8. The first kappa shape index (κ1) is 31.6. The van der Waals surface area contributed by atoms with E-state index in [1.165, 1.54) is 49.2 Å². The molecule has 0 aliphatic carbocycles. The van der Waals surface area contributed by atoms with Gasteiger partial charge in [-0.2, -0.15) is 0 Å². The Labute approximate surface area is 314 Å². The third kappa shape index (κ3) is 5.90. The topological polar surface area (TPSA) is 25.8 Å². The van der Waals surface area contributed by atoms with Gasteiger partial charge in [-0.1, -0.05) is 176 Å². The average molecular weight is 687 g/mol. The van der Waals surface area contributed by atoms with E-state index in [0.29, 0.717) is 5.82 Å². The summed E-state index contributed by atoms with van der Waals surface area (Å²) < 4.78 is 0. The van der Waals surface area contributed by atoms with E-state index in [1.54, 1.807) is 0 Å². The summed E-state index contributed by atoms with van der Waals surface area (Å²) in [5.41, 5.74) is 11.9. The van der Waals surface area contributed by atoms with E-state index >= 15 is 0 Å². The van der Waals surface area contributed by atoms with E-state index in [9.17, 15) is 0 Å². The van der Waals surface area contributed by atoms with Crippen molar-refractivity contribution in [1.82, 2.24) is 9.97 Å². The molecule has 1 aromatic heterocycles. The van der Waals surface area contributed by atoms with Crippen molar-refractivity contribution in [1.29, 1.82) is 0 Å². The maximum Gasteiger partial charge on any atom is 0.160 e. The highest BCUT2D eigenvalue weighted by atomic mass is 14.9. The van der Waals surface area contributed by atoms with Crippen LogP contribution in [0.25, 0.3) is 99.6 Å². The minimum Gasteiger partial charge on any atom is -0.228 e. The molecule has 10 rings (SSSR count). The molecule has 0 aliphatic heterocycles. The molecule has 1 heterocycles. The Morgan fingerprint density at radius 1 is 0.241 bits per heavy atom. The lowest BCUT2D eigenvalue weighted by Gasteiger charge is -2.15. The van der Waals surface area contributed by atoms with Crippen LogP contribution < -0.4 is 0 Å². The molecule has 0 fully saturated rings. The Balaban J connectivity index is 1.21. The van der Waals surface area contributed by atoms with Crippen molar-refractivity contribution >= 4 is 32.3 Å². The maximum atomic E-state index is 5.35. The van der Waals surface area contributed by atoms with E-state index in [0.717, 1.165) is 44.6 Å². The molecule has 0 bridgehead atoms. The third-order valence-electron chi connectivity index (χ3n) is 10.5. The summed E-state index contributed by atoms with van der Waals surface area (Å²) in [7, 11) is 0. The number of benzene rings is 9. The van der Waals surface area contributed by atoms with Gasteiger partial charge in [-0.15, -0.1) is 0 Å². The molecule has 0 N–H and O–H groups in total. The fourth-order valence-electron chi connectivity index (χ4n) is 7.71. The van der Waals surface area contributed by atoms with E-state index in [-0.39, 0.29) is 0 Å². The van der Waals surface area contributed by atoms with Crippen LogP contribution in [-0.4, -0.2) is 9.97 Å². The predicted molar refractivity (Wildman–Crippen MR) is 227 cm³/mol. The van der Waals surface area contributed by atoms with Gasteiger partial charge >= 0.3 is 0 Å². The molecule has 54 heavy (non-hydrogen) atoms. The average Bonchev–Trinajstić information content (AvgIpc) is 3.26. The van der Waals surface area contributed by atoms with Gasteiger partial charge in [-0.3, -0.25) is 0 Å². The first-order chi connectivity index (χ1) is 26.7. The number of aromatic nitrogens is 2. The molecule has 0 aliphatic rings. The SMILES string of the molecule is c1ccc(-c2ccc(-c3cc(-c4cc(-c5cccc6ccccc56)cc(-c5cccc6ccccc56)c4)nc(-c4ccc5ccccc5c4)n3)cc2)cc1. The quantitative estimate of drug-likeness (QED) is 0.174. The van der Waals surface area contributed by atoms with E-state index in [2.05, 4.69) is 206 Å². The first-order valence-electron chi connectivity index (χ1n) is 18.4. The number of nitrogens with zero attached hydrogens (tertiary/aromatic N) is 2. The van der Waals surface area contributed by atoms with Gasteiger partial charge in [0.1, 0.15) is 0 Å². The molecule has 10 aromatic rings. The van der Waals surface area contributed by atoms with Crippen LogP contribution in [0.3, 0.4) is 0 Å². The summed E-state index contributed by atoms with van der Waals surface area (Å²) in [5.74, 6) is 0.697. The molecule has 0 radical (unpaired) electrons. The van der Waals surface area contributed by atoms with Crippen LogP contribution in [0.5, 0.6) is 0 Å². The van der Waals surface area contributed by atoms with E-state index in [4.69, 9.17) is 9.97 Å². The van der Waals surface area contributed by atoms with Crippen molar-refractivity contribution in [3.8, 4) is 67.3 Å². The number of rotatable bonds is 6. The lowest BCUT2D eigenvalue weighted by atomic mass is 9.90. The zero-order chi connectivity index (χ0) is 35.8. The summed E-state index contributed by atoms with van der Waals surface area (Å²) in [4.78, 5) is 10.6. The van der Waals surface area contributed by atoms with Crippen molar-refractivity contribution in [2.45, 2.75) is 0 Å². The highest BCUT2D eigenvalue weighted by Crippen LogP contribution is 2.39. The summed E-state index contributed by atoms with van der Waals surface area (Å²) in [6.07, 6.45) is 0. The number of hydrogen-bond donors (Lipinski definition) is 0. The number of hydrogen-bond acceptors (Lipinski definition) is 2. The lowest BCUT2D eigenvalue weighted by Crippen LogP contribution is -1.97. The zero-order valence-electron chi connectivity index (χ0n) is 29.5. The van der Waals surface area contributed by atoms with Crippen LogP contribution in [0.15, 0.2) is 206 Å². The van der Waals surface area contributed by atoms with E-state index in [1.807, 2.05) is 0 Å². The second kappa shape index (κ2) is 13.4. The largest absolute Gasteiger partial charge is 0.228 e. The van der Waals surface area contributed by atoms with Gasteiger partial charge in [0, 0.05) is 16.7 Å². The van der Waals surface area contributed by atoms with Crippen LogP contribution in [0, 0.1) is 0 Å². The molecule has 2 heteroatoms. The van der Waals surface area contributed by atoms with Gasteiger partial charge in [0.15, 0.2) is 5.82 Å². The van der Waals surface area contributed by atoms with Crippen molar-refractivity contribution in [2.75, 3.05) is 0 Å². The highest BCUT2D eigenvalue weighted by molar-refractivity contribution is 6.01. The highest BCUT2D eigenvalue weighted by Gasteiger charge is 2.16. The van der Waals surface area contributed by atoms with Gasteiger partial charge in [0.25, 0.3) is 0 Å².